The number of nitrogens with zero attached hydrogens (tertiary/aromatic N) is 1. The fourth-order valence-electron chi connectivity index (χ4n) is 0.739. The van der Waals surface area contributed by atoms with Crippen LogP contribution in [0, 0.1) is 0 Å². The van der Waals surface area contributed by atoms with E-state index >= 15 is 0 Å². The molecule has 1 rings (SSSR count). The summed E-state index contributed by atoms with van der Waals surface area (Å²) in [6, 6.07) is 0. The third kappa shape index (κ3) is 3.15. The zero-order chi connectivity index (χ0) is 8.10. The van der Waals surface area contributed by atoms with E-state index in [2.05, 4.69) is 15.0 Å². The van der Waals surface area contributed by atoms with E-state index in [9.17, 15) is 0 Å². The number of rotatable bonds is 4. The van der Waals surface area contributed by atoms with E-state index in [0.29, 0.717) is 13.1 Å². The number of aliphatic hydroxyl groups excluding tert-OH is 1. The van der Waals surface area contributed by atoms with Gasteiger partial charge in [-0.2, -0.15) is 0 Å². The first kappa shape index (κ1) is 8.23. The van der Waals surface area contributed by atoms with E-state index < -0.39 is 0 Å². The molecule has 0 aromatic carbocycles. The summed E-state index contributed by atoms with van der Waals surface area (Å²) in [6.45, 7) is 3.01. The van der Waals surface area contributed by atoms with E-state index in [0.717, 1.165) is 5.56 Å². The van der Waals surface area contributed by atoms with Crippen molar-refractivity contribution in [3.8, 4) is 0 Å². The normalized spacial score (nSPS) is 13.3. The van der Waals surface area contributed by atoms with Gasteiger partial charge in [-0.3, -0.25) is 0 Å². The smallest absolute Gasteiger partial charge is 0.128 e. The molecule has 1 atom stereocenters. The predicted molar refractivity (Wildman–Crippen MR) is 39.9 cm³/mol. The Bertz CT molecular complexity index is 184. The highest BCUT2D eigenvalue weighted by Gasteiger charge is 1.96. The van der Waals surface area contributed by atoms with Crippen LogP contribution in [0.15, 0.2) is 17.0 Å². The van der Waals surface area contributed by atoms with E-state index in [1.807, 2.05) is 0 Å². The lowest BCUT2D eigenvalue weighted by Gasteiger charge is -2.03. The van der Waals surface area contributed by atoms with Crippen molar-refractivity contribution >= 4 is 0 Å². The standard InChI is InChI=1S/C7H12N2O2/c1-6(10)2-8-3-7-4-9-11-5-7/h4-6,8,10H,2-3H2,1H3. The predicted octanol–water partition coefficient (Wildman–Crippen LogP) is 0.145. The van der Waals surface area contributed by atoms with Crippen LogP contribution in [0.5, 0.6) is 0 Å². The molecule has 0 aliphatic heterocycles. The van der Waals surface area contributed by atoms with Crippen molar-refractivity contribution in [2.45, 2.75) is 19.6 Å². The highest BCUT2D eigenvalue weighted by molar-refractivity contribution is 4.98. The molecule has 62 valence electrons. The molecule has 0 fully saturated rings. The van der Waals surface area contributed by atoms with E-state index in [1.165, 1.54) is 0 Å². The Morgan fingerprint density at radius 1 is 1.82 bits per heavy atom. The highest BCUT2D eigenvalue weighted by atomic mass is 16.5. The first-order valence-corrected chi connectivity index (χ1v) is 3.56. The average Bonchev–Trinajstić information content (AvgIpc) is 2.39. The summed E-state index contributed by atoms with van der Waals surface area (Å²) in [4.78, 5) is 0. The van der Waals surface area contributed by atoms with Crippen molar-refractivity contribution in [2.75, 3.05) is 6.54 Å². The van der Waals surface area contributed by atoms with Gasteiger partial charge in [0.15, 0.2) is 0 Å². The molecule has 2 N–H and O–H groups in total. The van der Waals surface area contributed by atoms with Crippen LogP contribution in [-0.4, -0.2) is 22.9 Å². The first-order chi connectivity index (χ1) is 5.29. The molecule has 1 aromatic rings. The monoisotopic (exact) mass is 156 g/mol. The van der Waals surface area contributed by atoms with Gasteiger partial charge in [0, 0.05) is 18.7 Å². The van der Waals surface area contributed by atoms with Gasteiger partial charge in [-0.1, -0.05) is 5.16 Å². The highest BCUT2D eigenvalue weighted by Crippen LogP contribution is 1.94. The van der Waals surface area contributed by atoms with Crippen molar-refractivity contribution in [3.63, 3.8) is 0 Å². The Labute approximate surface area is 65.2 Å². The molecule has 1 unspecified atom stereocenters. The Morgan fingerprint density at radius 2 is 2.64 bits per heavy atom. The molecule has 0 spiro atoms. The van der Waals surface area contributed by atoms with Crippen LogP contribution in [0.4, 0.5) is 0 Å². The Hall–Kier alpha value is -0.870. The number of nitrogens with one attached hydrogen (secondary N) is 1. The molecule has 0 bridgehead atoms. The molecule has 0 aliphatic carbocycles. The lowest BCUT2D eigenvalue weighted by Crippen LogP contribution is -2.23. The lowest BCUT2D eigenvalue weighted by atomic mass is 10.3. The van der Waals surface area contributed by atoms with Gasteiger partial charge in [-0.15, -0.1) is 0 Å². The summed E-state index contributed by atoms with van der Waals surface area (Å²) in [5.74, 6) is 0. The fraction of sp³-hybridized carbons (Fsp3) is 0.571. The Kier molecular flexibility index (Phi) is 3.07. The minimum absolute atomic E-state index is 0.310. The van der Waals surface area contributed by atoms with E-state index in [4.69, 9.17) is 5.11 Å². The third-order valence-corrected chi connectivity index (χ3v) is 1.25. The largest absolute Gasteiger partial charge is 0.392 e. The minimum atomic E-state index is -0.310. The third-order valence-electron chi connectivity index (χ3n) is 1.25. The molecule has 0 saturated heterocycles. The zero-order valence-corrected chi connectivity index (χ0v) is 6.45. The second kappa shape index (κ2) is 4.10. The summed E-state index contributed by atoms with van der Waals surface area (Å²) in [5.41, 5.74) is 0.991. The van der Waals surface area contributed by atoms with Crippen molar-refractivity contribution in [1.29, 1.82) is 0 Å². The molecule has 1 heterocycles. The van der Waals surface area contributed by atoms with Gasteiger partial charge in [0.1, 0.15) is 6.26 Å². The van der Waals surface area contributed by atoms with E-state index in [1.54, 1.807) is 19.4 Å². The molecule has 4 heteroatoms. The van der Waals surface area contributed by atoms with Gasteiger partial charge in [-0.25, -0.2) is 0 Å². The first-order valence-electron chi connectivity index (χ1n) is 3.56. The topological polar surface area (TPSA) is 58.3 Å². The van der Waals surface area contributed by atoms with Crippen molar-refractivity contribution < 1.29 is 9.63 Å². The molecule has 11 heavy (non-hydrogen) atoms. The second-order valence-corrected chi connectivity index (χ2v) is 2.51. The number of aromatic nitrogens is 1. The maximum absolute atomic E-state index is 8.88. The maximum atomic E-state index is 8.88. The summed E-state index contributed by atoms with van der Waals surface area (Å²) in [6.07, 6.45) is 2.92. The molecule has 1 aromatic heterocycles. The quantitative estimate of drug-likeness (QED) is 0.651. The minimum Gasteiger partial charge on any atom is -0.392 e. The lowest BCUT2D eigenvalue weighted by molar-refractivity contribution is 0.191. The number of aliphatic hydroxyl groups is 1. The summed E-state index contributed by atoms with van der Waals surface area (Å²) < 4.78 is 4.62. The van der Waals surface area contributed by atoms with Gasteiger partial charge >= 0.3 is 0 Å². The van der Waals surface area contributed by atoms with Crippen LogP contribution in [0.1, 0.15) is 12.5 Å². The maximum Gasteiger partial charge on any atom is 0.128 e. The van der Waals surface area contributed by atoms with Crippen LogP contribution in [0.3, 0.4) is 0 Å². The molecule has 0 saturated carbocycles. The summed E-state index contributed by atoms with van der Waals surface area (Å²) in [7, 11) is 0. The molecule has 0 aliphatic rings. The summed E-state index contributed by atoms with van der Waals surface area (Å²) in [5, 5.41) is 15.5. The van der Waals surface area contributed by atoms with Crippen molar-refractivity contribution in [1.82, 2.24) is 10.5 Å². The second-order valence-electron chi connectivity index (χ2n) is 2.51. The molecule has 0 radical (unpaired) electrons. The van der Waals surface area contributed by atoms with Crippen LogP contribution in [0.25, 0.3) is 0 Å². The van der Waals surface area contributed by atoms with Gasteiger partial charge in [-0.05, 0) is 6.92 Å². The average molecular weight is 156 g/mol. The fourth-order valence-corrected chi connectivity index (χ4v) is 0.739. The van der Waals surface area contributed by atoms with Crippen LogP contribution in [-0.2, 0) is 6.54 Å². The van der Waals surface area contributed by atoms with Gasteiger partial charge in [0.05, 0.1) is 12.3 Å². The zero-order valence-electron chi connectivity index (χ0n) is 6.45. The Balaban J connectivity index is 2.14. The van der Waals surface area contributed by atoms with Crippen molar-refractivity contribution in [2.24, 2.45) is 0 Å². The van der Waals surface area contributed by atoms with Crippen LogP contribution in [0.2, 0.25) is 0 Å². The summed E-state index contributed by atoms with van der Waals surface area (Å²) >= 11 is 0. The SMILES string of the molecule is CC(O)CNCc1cnoc1. The number of hydrogen-bond acceptors (Lipinski definition) is 4. The Morgan fingerprint density at radius 3 is 3.18 bits per heavy atom. The van der Waals surface area contributed by atoms with Crippen LogP contribution < -0.4 is 5.32 Å². The van der Waals surface area contributed by atoms with Gasteiger partial charge in [0.25, 0.3) is 0 Å². The van der Waals surface area contributed by atoms with Gasteiger partial charge < -0.3 is 14.9 Å². The van der Waals surface area contributed by atoms with Crippen LogP contribution >= 0.6 is 0 Å². The van der Waals surface area contributed by atoms with E-state index in [-0.39, 0.29) is 6.10 Å². The van der Waals surface area contributed by atoms with Crippen molar-refractivity contribution in [3.05, 3.63) is 18.0 Å². The van der Waals surface area contributed by atoms with Gasteiger partial charge in [0.2, 0.25) is 0 Å². The number of hydrogen-bond donors (Lipinski definition) is 2. The molecular formula is C7H12N2O2. The molecule has 4 nitrogen and oxygen atoms in total. The molecular weight excluding hydrogens is 144 g/mol. The molecule has 0 amide bonds.